The SMILES string of the molecule is COc1ccc(/C=C(\C#N)C(=O)O[C@@H](C)C(=O)Nc2ccc3c(c2)OCCO3)cc1. The highest BCUT2D eigenvalue weighted by Crippen LogP contribution is 2.32. The molecule has 30 heavy (non-hydrogen) atoms. The van der Waals surface area contributed by atoms with Crippen LogP contribution in [0.2, 0.25) is 0 Å². The molecule has 1 aliphatic heterocycles. The highest BCUT2D eigenvalue weighted by molar-refractivity contribution is 6.01. The van der Waals surface area contributed by atoms with Gasteiger partial charge in [-0.05, 0) is 42.8 Å². The van der Waals surface area contributed by atoms with Gasteiger partial charge in [0.05, 0.1) is 7.11 Å². The van der Waals surface area contributed by atoms with Gasteiger partial charge in [0.1, 0.15) is 30.6 Å². The lowest BCUT2D eigenvalue weighted by Crippen LogP contribution is -2.30. The Morgan fingerprint density at radius 1 is 1.13 bits per heavy atom. The molecule has 154 valence electrons. The van der Waals surface area contributed by atoms with Crippen molar-refractivity contribution < 1.29 is 28.5 Å². The number of amides is 1. The number of carbonyl (C=O) groups is 2. The smallest absolute Gasteiger partial charge is 0.349 e. The van der Waals surface area contributed by atoms with Gasteiger partial charge in [0.25, 0.3) is 5.91 Å². The van der Waals surface area contributed by atoms with Crippen molar-refractivity contribution in [3.05, 3.63) is 53.6 Å². The van der Waals surface area contributed by atoms with Crippen LogP contribution in [-0.2, 0) is 14.3 Å². The van der Waals surface area contributed by atoms with Gasteiger partial charge in [0, 0.05) is 11.8 Å². The van der Waals surface area contributed by atoms with E-state index >= 15 is 0 Å². The maximum atomic E-state index is 12.4. The number of fused-ring (bicyclic) bond motifs is 1. The van der Waals surface area contributed by atoms with Crippen molar-refractivity contribution in [3.8, 4) is 23.3 Å². The average Bonchev–Trinajstić information content (AvgIpc) is 2.77. The van der Waals surface area contributed by atoms with Gasteiger partial charge in [-0.25, -0.2) is 4.79 Å². The Morgan fingerprint density at radius 2 is 1.83 bits per heavy atom. The third kappa shape index (κ3) is 5.08. The quantitative estimate of drug-likeness (QED) is 0.445. The highest BCUT2D eigenvalue weighted by Gasteiger charge is 2.21. The molecule has 2 aromatic carbocycles. The van der Waals surface area contributed by atoms with Crippen LogP contribution in [0, 0.1) is 11.3 Å². The zero-order chi connectivity index (χ0) is 21.5. The van der Waals surface area contributed by atoms with Crippen molar-refractivity contribution in [2.24, 2.45) is 0 Å². The molecule has 0 saturated carbocycles. The van der Waals surface area contributed by atoms with E-state index in [1.54, 1.807) is 55.6 Å². The Hall–Kier alpha value is -3.99. The lowest BCUT2D eigenvalue weighted by atomic mass is 10.1. The molecule has 0 aromatic heterocycles. The van der Waals surface area contributed by atoms with Crippen LogP contribution in [-0.4, -0.2) is 38.3 Å². The number of nitrogens with one attached hydrogen (secondary N) is 1. The minimum absolute atomic E-state index is 0.223. The Labute approximate surface area is 173 Å². The van der Waals surface area contributed by atoms with E-state index in [1.165, 1.54) is 13.0 Å². The summed E-state index contributed by atoms with van der Waals surface area (Å²) in [4.78, 5) is 24.7. The number of methoxy groups -OCH3 is 1. The van der Waals surface area contributed by atoms with E-state index in [9.17, 15) is 14.9 Å². The van der Waals surface area contributed by atoms with E-state index in [4.69, 9.17) is 18.9 Å². The summed E-state index contributed by atoms with van der Waals surface area (Å²) in [7, 11) is 1.54. The van der Waals surface area contributed by atoms with Crippen LogP contribution in [0.15, 0.2) is 48.0 Å². The number of nitrogens with zero attached hydrogens (tertiary/aromatic N) is 1. The summed E-state index contributed by atoms with van der Waals surface area (Å²) < 4.78 is 21.1. The van der Waals surface area contributed by atoms with Gasteiger partial charge in [0.15, 0.2) is 17.6 Å². The second kappa shape index (κ2) is 9.47. The zero-order valence-electron chi connectivity index (χ0n) is 16.5. The van der Waals surface area contributed by atoms with Gasteiger partial charge in [0.2, 0.25) is 0 Å². The van der Waals surface area contributed by atoms with Crippen LogP contribution in [0.3, 0.4) is 0 Å². The van der Waals surface area contributed by atoms with Gasteiger partial charge in [-0.15, -0.1) is 0 Å². The Morgan fingerprint density at radius 3 is 2.50 bits per heavy atom. The summed E-state index contributed by atoms with van der Waals surface area (Å²) in [6.45, 7) is 2.32. The summed E-state index contributed by atoms with van der Waals surface area (Å²) >= 11 is 0. The van der Waals surface area contributed by atoms with Crippen LogP contribution in [0.1, 0.15) is 12.5 Å². The molecule has 1 aliphatic rings. The first-order valence-corrected chi connectivity index (χ1v) is 9.17. The molecule has 3 rings (SSSR count). The first-order chi connectivity index (χ1) is 14.5. The molecule has 0 radical (unpaired) electrons. The van der Waals surface area contributed by atoms with Gasteiger partial charge >= 0.3 is 5.97 Å². The molecule has 1 N–H and O–H groups in total. The fourth-order valence-corrected chi connectivity index (χ4v) is 2.65. The Kier molecular flexibility index (Phi) is 6.55. The molecule has 1 atom stereocenters. The minimum atomic E-state index is -1.11. The normalized spacial score (nSPS) is 13.6. The summed E-state index contributed by atoms with van der Waals surface area (Å²) in [6.07, 6.45) is 0.269. The molecular weight excluding hydrogens is 388 g/mol. The monoisotopic (exact) mass is 408 g/mol. The van der Waals surface area contributed by atoms with E-state index in [0.717, 1.165) is 0 Å². The van der Waals surface area contributed by atoms with Crippen molar-refractivity contribution in [2.45, 2.75) is 13.0 Å². The predicted molar refractivity (Wildman–Crippen MR) is 108 cm³/mol. The van der Waals surface area contributed by atoms with Gasteiger partial charge in [-0.3, -0.25) is 4.79 Å². The summed E-state index contributed by atoms with van der Waals surface area (Å²) in [5, 5.41) is 11.9. The van der Waals surface area contributed by atoms with E-state index in [0.29, 0.717) is 41.7 Å². The Bertz CT molecular complexity index is 1010. The number of hydrogen-bond donors (Lipinski definition) is 1. The maximum Gasteiger partial charge on any atom is 0.349 e. The van der Waals surface area contributed by atoms with Crippen molar-refractivity contribution in [1.29, 1.82) is 5.26 Å². The molecule has 0 fully saturated rings. The van der Waals surface area contributed by atoms with Crippen molar-refractivity contribution in [2.75, 3.05) is 25.6 Å². The summed E-state index contributed by atoms with van der Waals surface area (Å²) in [5.74, 6) is 0.344. The fraction of sp³-hybridized carbons (Fsp3) is 0.227. The molecule has 0 saturated heterocycles. The molecular formula is C22H20N2O6. The molecule has 0 bridgehead atoms. The molecule has 0 unspecified atom stereocenters. The number of esters is 1. The van der Waals surface area contributed by atoms with Gasteiger partial charge < -0.3 is 24.3 Å². The van der Waals surface area contributed by atoms with Crippen LogP contribution < -0.4 is 19.5 Å². The van der Waals surface area contributed by atoms with Crippen molar-refractivity contribution >= 4 is 23.6 Å². The first-order valence-electron chi connectivity index (χ1n) is 9.17. The Balaban J connectivity index is 1.62. The van der Waals surface area contributed by atoms with E-state index in [-0.39, 0.29) is 5.57 Å². The predicted octanol–water partition coefficient (Wildman–Crippen LogP) is 2.94. The number of ether oxygens (including phenoxy) is 4. The number of anilines is 1. The second-order valence-electron chi connectivity index (χ2n) is 6.34. The first kappa shape index (κ1) is 20.7. The van der Waals surface area contributed by atoms with Crippen LogP contribution in [0.25, 0.3) is 6.08 Å². The largest absolute Gasteiger partial charge is 0.497 e. The lowest BCUT2D eigenvalue weighted by molar-refractivity contribution is -0.148. The fourth-order valence-electron chi connectivity index (χ4n) is 2.65. The summed E-state index contributed by atoms with van der Waals surface area (Å²) in [6, 6.07) is 13.6. The maximum absolute atomic E-state index is 12.4. The number of nitriles is 1. The van der Waals surface area contributed by atoms with E-state index < -0.39 is 18.0 Å². The lowest BCUT2D eigenvalue weighted by Gasteiger charge is -2.19. The zero-order valence-corrected chi connectivity index (χ0v) is 16.5. The minimum Gasteiger partial charge on any atom is -0.497 e. The molecule has 1 amide bonds. The third-order valence-corrected chi connectivity index (χ3v) is 4.23. The number of benzene rings is 2. The van der Waals surface area contributed by atoms with Gasteiger partial charge in [-0.2, -0.15) is 5.26 Å². The third-order valence-electron chi connectivity index (χ3n) is 4.23. The van der Waals surface area contributed by atoms with E-state index in [1.807, 2.05) is 0 Å². The van der Waals surface area contributed by atoms with Crippen LogP contribution >= 0.6 is 0 Å². The molecule has 8 nitrogen and oxygen atoms in total. The molecule has 1 heterocycles. The van der Waals surface area contributed by atoms with Crippen LogP contribution in [0.4, 0.5) is 5.69 Å². The van der Waals surface area contributed by atoms with Crippen molar-refractivity contribution in [3.63, 3.8) is 0 Å². The summed E-state index contributed by atoms with van der Waals surface area (Å²) in [5.41, 5.74) is 0.873. The molecule has 2 aromatic rings. The molecule has 8 heteroatoms. The molecule has 0 spiro atoms. The number of carbonyl (C=O) groups excluding carboxylic acids is 2. The van der Waals surface area contributed by atoms with Crippen LogP contribution in [0.5, 0.6) is 17.2 Å². The highest BCUT2D eigenvalue weighted by atomic mass is 16.6. The van der Waals surface area contributed by atoms with Crippen molar-refractivity contribution in [1.82, 2.24) is 0 Å². The van der Waals surface area contributed by atoms with E-state index in [2.05, 4.69) is 5.32 Å². The average molecular weight is 408 g/mol. The van der Waals surface area contributed by atoms with Gasteiger partial charge in [-0.1, -0.05) is 12.1 Å². The number of hydrogen-bond acceptors (Lipinski definition) is 7. The topological polar surface area (TPSA) is 107 Å². The standard InChI is InChI=1S/C22H20N2O6/c1-14(21(25)24-17-5-8-19-20(12-17)29-10-9-28-19)30-22(26)16(13-23)11-15-3-6-18(27-2)7-4-15/h3-8,11-12,14H,9-10H2,1-2H3,(H,24,25)/b16-11+/t14-/m0/s1. The second-order valence-corrected chi connectivity index (χ2v) is 6.34. The number of rotatable bonds is 6. The molecule has 0 aliphatic carbocycles.